The minimum Gasteiger partial charge on any atom is -0.489 e. The highest BCUT2D eigenvalue weighted by Gasteiger charge is 2.42. The third-order valence-electron chi connectivity index (χ3n) is 5.81. The van der Waals surface area contributed by atoms with E-state index >= 15 is 0 Å². The smallest absolute Gasteiger partial charge is 0.409 e. The van der Waals surface area contributed by atoms with E-state index in [0.29, 0.717) is 0 Å². The Kier molecular flexibility index (Phi) is 6.68. The van der Waals surface area contributed by atoms with Crippen molar-refractivity contribution in [2.24, 2.45) is 13.0 Å². The molecule has 0 spiro atoms. The third-order valence-corrected chi connectivity index (χ3v) is 7.29. The highest BCUT2D eigenvalue weighted by Crippen LogP contribution is 2.35. The van der Waals surface area contributed by atoms with E-state index in [2.05, 4.69) is 10.0 Å². The molecule has 0 bridgehead atoms. The number of nitrogens with one attached hydrogen (secondary N) is 2. The first-order valence-electron chi connectivity index (χ1n) is 10.7. The van der Waals surface area contributed by atoms with Crippen molar-refractivity contribution in [3.8, 4) is 5.75 Å². The van der Waals surface area contributed by atoms with Gasteiger partial charge in [0.05, 0.1) is 18.8 Å². The molecule has 35 heavy (non-hydrogen) atoms. The molecule has 2 N–H and O–H groups in total. The molecule has 14 heteroatoms. The maximum atomic E-state index is 13.6. The van der Waals surface area contributed by atoms with Crippen molar-refractivity contribution >= 4 is 27.7 Å². The Hall–Kier alpha value is -3.26. The zero-order valence-corrected chi connectivity index (χ0v) is 19.6. The van der Waals surface area contributed by atoms with Crippen LogP contribution in [0.2, 0.25) is 0 Å². The first-order valence-corrected chi connectivity index (χ1v) is 12.1. The van der Waals surface area contributed by atoms with E-state index < -0.39 is 51.8 Å². The minimum atomic E-state index is -4.15. The number of alkyl halides is 2. The number of halogens is 3. The molecule has 2 aromatic rings. The van der Waals surface area contributed by atoms with Crippen LogP contribution in [0.4, 0.5) is 23.7 Å². The summed E-state index contributed by atoms with van der Waals surface area (Å²) >= 11 is 0. The Balaban J connectivity index is 1.62. The number of rotatable bonds is 4. The topological polar surface area (TPSA) is 119 Å². The van der Waals surface area contributed by atoms with Gasteiger partial charge in [0.15, 0.2) is 11.4 Å². The van der Waals surface area contributed by atoms with Crippen molar-refractivity contribution in [2.45, 2.75) is 24.3 Å². The Morgan fingerprint density at radius 3 is 2.74 bits per heavy atom. The van der Waals surface area contributed by atoms with Crippen LogP contribution in [0.25, 0.3) is 0 Å². The summed E-state index contributed by atoms with van der Waals surface area (Å²) in [7, 11) is -2.72. The van der Waals surface area contributed by atoms with Gasteiger partial charge in [-0.2, -0.15) is 0 Å². The van der Waals surface area contributed by atoms with Gasteiger partial charge in [-0.25, -0.2) is 31.1 Å². The molecule has 0 aliphatic carbocycles. The second-order valence-electron chi connectivity index (χ2n) is 8.18. The van der Waals surface area contributed by atoms with Crippen LogP contribution in [-0.2, 0) is 21.8 Å². The second kappa shape index (κ2) is 9.41. The number of anilines is 1. The van der Waals surface area contributed by atoms with Crippen LogP contribution in [0.5, 0.6) is 5.75 Å². The number of hydrogen-bond acceptors (Lipinski definition) is 6. The van der Waals surface area contributed by atoms with Crippen LogP contribution >= 0.6 is 0 Å². The Bertz CT molecular complexity index is 1270. The van der Waals surface area contributed by atoms with Crippen molar-refractivity contribution in [3.05, 3.63) is 41.5 Å². The Morgan fingerprint density at radius 1 is 1.31 bits per heavy atom. The van der Waals surface area contributed by atoms with Gasteiger partial charge in [-0.05, 0) is 25.1 Å². The van der Waals surface area contributed by atoms with E-state index in [0.717, 1.165) is 18.2 Å². The number of likely N-dealkylation sites (tertiary alicyclic amines) is 1. The molecular weight excluding hydrogens is 493 g/mol. The SMILES string of the molecule is CCOC(=O)N1C[C@H]2COc3c(cn(C)c3C(=O)Nc3ccc(F)c(C(F)F)c3)S(=O)(=O)N[C@H]2C1. The van der Waals surface area contributed by atoms with Gasteiger partial charge in [-0.15, -0.1) is 0 Å². The number of carbonyl (C=O) groups is 2. The standard InChI is InChI=1S/C21H23F3N4O6S/c1-3-33-21(30)28-7-11-10-34-18-16(35(31,32)26-15(11)8-28)9-27(2)17(18)20(29)25-12-4-5-14(22)13(6-12)19(23)24/h4-6,9,11,15,19,26H,3,7-8,10H2,1-2H3,(H,25,29)/t11-,15-/m0/s1. The number of aromatic nitrogens is 1. The van der Waals surface area contributed by atoms with Crippen LogP contribution in [-0.4, -0.2) is 62.2 Å². The molecule has 3 heterocycles. The summed E-state index contributed by atoms with van der Waals surface area (Å²) in [6.07, 6.45) is -2.46. The molecule has 1 aromatic heterocycles. The number of amides is 2. The number of aryl methyl sites for hydroxylation is 1. The number of fused-ring (bicyclic) bond motifs is 2. The van der Waals surface area contributed by atoms with Crippen LogP contribution in [0.1, 0.15) is 29.4 Å². The molecule has 2 aliphatic rings. The molecule has 0 saturated carbocycles. The molecule has 0 radical (unpaired) electrons. The maximum absolute atomic E-state index is 13.6. The lowest BCUT2D eigenvalue weighted by Crippen LogP contribution is -2.43. The van der Waals surface area contributed by atoms with Crippen LogP contribution in [0, 0.1) is 11.7 Å². The maximum Gasteiger partial charge on any atom is 0.409 e. The summed E-state index contributed by atoms with van der Waals surface area (Å²) < 4.78 is 80.4. The van der Waals surface area contributed by atoms with Gasteiger partial charge in [0.2, 0.25) is 10.0 Å². The van der Waals surface area contributed by atoms with E-state index in [1.807, 2.05) is 0 Å². The molecule has 1 aromatic carbocycles. The summed E-state index contributed by atoms with van der Waals surface area (Å²) in [6, 6.07) is 2.09. The largest absolute Gasteiger partial charge is 0.489 e. The molecule has 4 rings (SSSR count). The van der Waals surface area contributed by atoms with Gasteiger partial charge in [0.1, 0.15) is 10.7 Å². The van der Waals surface area contributed by atoms with Crippen molar-refractivity contribution in [1.82, 2.24) is 14.2 Å². The predicted molar refractivity (Wildman–Crippen MR) is 116 cm³/mol. The fourth-order valence-corrected chi connectivity index (χ4v) is 5.63. The molecule has 1 fully saturated rings. The third kappa shape index (κ3) is 4.80. The molecule has 190 valence electrons. The zero-order chi connectivity index (χ0) is 25.5. The van der Waals surface area contributed by atoms with E-state index in [9.17, 15) is 31.2 Å². The number of benzene rings is 1. The van der Waals surface area contributed by atoms with Crippen LogP contribution in [0.3, 0.4) is 0 Å². The summed E-state index contributed by atoms with van der Waals surface area (Å²) in [5.74, 6) is -2.59. The molecule has 10 nitrogen and oxygen atoms in total. The predicted octanol–water partition coefficient (Wildman–Crippen LogP) is 2.48. The van der Waals surface area contributed by atoms with Gasteiger partial charge in [-0.3, -0.25) is 4.79 Å². The number of hydrogen-bond donors (Lipinski definition) is 2. The van der Waals surface area contributed by atoms with Crippen LogP contribution in [0.15, 0.2) is 29.3 Å². The van der Waals surface area contributed by atoms with Crippen molar-refractivity contribution < 1.29 is 40.7 Å². The second-order valence-corrected chi connectivity index (χ2v) is 9.86. The number of sulfonamides is 1. The molecule has 0 unspecified atom stereocenters. The fourth-order valence-electron chi connectivity index (χ4n) is 4.14. The average molecular weight is 516 g/mol. The highest BCUT2D eigenvalue weighted by atomic mass is 32.2. The first kappa shape index (κ1) is 24.9. The van der Waals surface area contributed by atoms with Crippen molar-refractivity contribution in [2.75, 3.05) is 31.6 Å². The zero-order valence-electron chi connectivity index (χ0n) is 18.8. The van der Waals surface area contributed by atoms with E-state index in [1.165, 1.54) is 22.7 Å². The summed E-state index contributed by atoms with van der Waals surface area (Å²) in [4.78, 5) is 26.2. The van der Waals surface area contributed by atoms with Gasteiger partial charge < -0.3 is 24.3 Å². The lowest BCUT2D eigenvalue weighted by molar-refractivity contribution is 0.101. The summed E-state index contributed by atoms with van der Waals surface area (Å²) in [5.41, 5.74) is -1.16. The van der Waals surface area contributed by atoms with Crippen molar-refractivity contribution in [3.63, 3.8) is 0 Å². The quantitative estimate of drug-likeness (QED) is 0.645. The Morgan fingerprint density at radius 2 is 2.06 bits per heavy atom. The summed E-state index contributed by atoms with van der Waals surface area (Å²) in [6.45, 7) is 2.10. The van der Waals surface area contributed by atoms with Crippen LogP contribution < -0.4 is 14.8 Å². The van der Waals surface area contributed by atoms with E-state index in [4.69, 9.17) is 9.47 Å². The minimum absolute atomic E-state index is 0.00748. The lowest BCUT2D eigenvalue weighted by Gasteiger charge is -2.23. The molecular formula is C21H23F3N4O6S. The number of nitrogens with zero attached hydrogens (tertiary/aromatic N) is 2. The van der Waals surface area contributed by atoms with Gasteiger partial charge >= 0.3 is 6.09 Å². The number of carbonyl (C=O) groups excluding carboxylic acids is 2. The monoisotopic (exact) mass is 516 g/mol. The van der Waals surface area contributed by atoms with E-state index in [1.54, 1.807) is 6.92 Å². The molecule has 2 amide bonds. The molecule has 1 saturated heterocycles. The summed E-state index contributed by atoms with van der Waals surface area (Å²) in [5, 5.41) is 2.38. The molecule has 2 aliphatic heterocycles. The van der Waals surface area contributed by atoms with Crippen molar-refractivity contribution in [1.29, 1.82) is 0 Å². The lowest BCUT2D eigenvalue weighted by atomic mass is 10.1. The Labute approximate surface area is 199 Å². The van der Waals surface area contributed by atoms with Gasteiger partial charge in [0.25, 0.3) is 12.3 Å². The first-order chi connectivity index (χ1) is 16.5. The number of ether oxygens (including phenoxy) is 2. The van der Waals surface area contributed by atoms with Gasteiger partial charge in [-0.1, -0.05) is 0 Å². The van der Waals surface area contributed by atoms with E-state index in [-0.39, 0.29) is 48.3 Å². The average Bonchev–Trinajstić information content (AvgIpc) is 3.33. The highest BCUT2D eigenvalue weighted by molar-refractivity contribution is 7.89. The fraction of sp³-hybridized carbons (Fsp3) is 0.429. The van der Waals surface area contributed by atoms with Gasteiger partial charge in [0, 0.05) is 44.0 Å². The normalized spacial score (nSPS) is 20.9. The molecule has 2 atom stereocenters.